The van der Waals surface area contributed by atoms with Gasteiger partial charge in [-0.05, 0) is 30.5 Å². The zero-order valence-corrected chi connectivity index (χ0v) is 10.1. The van der Waals surface area contributed by atoms with Crippen LogP contribution in [0, 0.1) is 17.2 Å². The molecule has 0 heterocycles. The molecule has 0 aliphatic carbocycles. The number of amides is 1. The molecule has 0 saturated carbocycles. The van der Waals surface area contributed by atoms with Crippen LogP contribution < -0.4 is 5.73 Å². The van der Waals surface area contributed by atoms with Crippen LogP contribution in [0.15, 0.2) is 24.3 Å². The van der Waals surface area contributed by atoms with Crippen molar-refractivity contribution >= 4 is 11.9 Å². The highest BCUT2D eigenvalue weighted by Crippen LogP contribution is 2.12. The fraction of sp³-hybridized carbons (Fsp3) is 0.308. The summed E-state index contributed by atoms with van der Waals surface area (Å²) in [4.78, 5) is 22.4. The Balaban J connectivity index is 2.64. The van der Waals surface area contributed by atoms with Gasteiger partial charge in [0.1, 0.15) is 5.92 Å². The van der Waals surface area contributed by atoms with Crippen molar-refractivity contribution in [3.63, 3.8) is 0 Å². The number of nitrogens with zero attached hydrogens (tertiary/aromatic N) is 1. The fourth-order valence-electron chi connectivity index (χ4n) is 1.58. The lowest BCUT2D eigenvalue weighted by Crippen LogP contribution is -2.31. The van der Waals surface area contributed by atoms with E-state index in [4.69, 9.17) is 11.0 Å². The number of benzene rings is 1. The number of nitrogens with two attached hydrogens (primary N) is 1. The third-order valence-electron chi connectivity index (χ3n) is 2.63. The van der Waals surface area contributed by atoms with Crippen LogP contribution in [0.4, 0.5) is 0 Å². The van der Waals surface area contributed by atoms with Crippen LogP contribution in [0.25, 0.3) is 0 Å². The SMILES string of the molecule is COC(=O)C(CCc1ccc(C#N)cc1)C(N)=O. The molecule has 0 aromatic heterocycles. The maximum absolute atomic E-state index is 11.3. The molecule has 1 unspecified atom stereocenters. The average molecular weight is 246 g/mol. The Kier molecular flexibility index (Phi) is 4.88. The third kappa shape index (κ3) is 3.59. The van der Waals surface area contributed by atoms with Gasteiger partial charge in [0.05, 0.1) is 18.7 Å². The number of aryl methyl sites for hydroxylation is 1. The predicted molar refractivity (Wildman–Crippen MR) is 64.2 cm³/mol. The number of methoxy groups -OCH3 is 1. The minimum absolute atomic E-state index is 0.300. The minimum atomic E-state index is -0.925. The number of primary amides is 1. The van der Waals surface area contributed by atoms with Crippen LogP contribution in [0.5, 0.6) is 0 Å². The zero-order valence-electron chi connectivity index (χ0n) is 10.1. The van der Waals surface area contributed by atoms with E-state index < -0.39 is 17.8 Å². The van der Waals surface area contributed by atoms with Gasteiger partial charge in [-0.2, -0.15) is 5.26 Å². The van der Waals surface area contributed by atoms with Crippen molar-refractivity contribution < 1.29 is 14.3 Å². The van der Waals surface area contributed by atoms with E-state index in [2.05, 4.69) is 4.74 Å². The van der Waals surface area contributed by atoms with Crippen molar-refractivity contribution in [3.05, 3.63) is 35.4 Å². The predicted octanol–water partition coefficient (Wildman–Crippen LogP) is 0.765. The van der Waals surface area contributed by atoms with Crippen molar-refractivity contribution in [1.29, 1.82) is 5.26 Å². The fourth-order valence-corrected chi connectivity index (χ4v) is 1.58. The topological polar surface area (TPSA) is 93.2 Å². The second-order valence-electron chi connectivity index (χ2n) is 3.83. The molecule has 1 amide bonds. The molecule has 94 valence electrons. The molecule has 5 nitrogen and oxygen atoms in total. The summed E-state index contributed by atoms with van der Waals surface area (Å²) in [7, 11) is 1.22. The zero-order chi connectivity index (χ0) is 13.5. The first-order valence-electron chi connectivity index (χ1n) is 5.44. The maximum Gasteiger partial charge on any atom is 0.318 e. The summed E-state index contributed by atoms with van der Waals surface area (Å²) in [5.41, 5.74) is 6.64. The molecule has 1 rings (SSSR count). The molecule has 0 aliphatic heterocycles. The molecule has 0 radical (unpaired) electrons. The quantitative estimate of drug-likeness (QED) is 0.613. The first kappa shape index (κ1) is 13.7. The Bertz CT molecular complexity index is 474. The smallest absolute Gasteiger partial charge is 0.318 e. The number of rotatable bonds is 5. The molecule has 2 N–H and O–H groups in total. The molecule has 1 aromatic rings. The van der Waals surface area contributed by atoms with Gasteiger partial charge in [0.2, 0.25) is 5.91 Å². The molecule has 0 fully saturated rings. The number of carbonyl (C=O) groups excluding carboxylic acids is 2. The van der Waals surface area contributed by atoms with Crippen molar-refractivity contribution in [2.75, 3.05) is 7.11 Å². The molecular weight excluding hydrogens is 232 g/mol. The lowest BCUT2D eigenvalue weighted by Gasteiger charge is -2.10. The van der Waals surface area contributed by atoms with Crippen molar-refractivity contribution in [2.24, 2.45) is 11.7 Å². The monoisotopic (exact) mass is 246 g/mol. The van der Waals surface area contributed by atoms with E-state index in [1.54, 1.807) is 24.3 Å². The van der Waals surface area contributed by atoms with Crippen molar-refractivity contribution in [2.45, 2.75) is 12.8 Å². The summed E-state index contributed by atoms with van der Waals surface area (Å²) in [6, 6.07) is 8.96. The minimum Gasteiger partial charge on any atom is -0.468 e. The lowest BCUT2D eigenvalue weighted by atomic mass is 9.98. The highest BCUT2D eigenvalue weighted by Gasteiger charge is 2.24. The third-order valence-corrected chi connectivity index (χ3v) is 2.63. The van der Waals surface area contributed by atoms with Crippen LogP contribution in [0.2, 0.25) is 0 Å². The molecule has 0 spiro atoms. The lowest BCUT2D eigenvalue weighted by molar-refractivity contribution is -0.149. The van der Waals surface area contributed by atoms with E-state index in [0.717, 1.165) is 5.56 Å². The number of nitriles is 1. The molecule has 5 heteroatoms. The molecule has 0 aliphatic rings. The molecule has 1 aromatic carbocycles. The summed E-state index contributed by atoms with van der Waals surface area (Å²) >= 11 is 0. The van der Waals surface area contributed by atoms with Crippen LogP contribution >= 0.6 is 0 Å². The molecule has 0 saturated heterocycles. The van der Waals surface area contributed by atoms with Gasteiger partial charge in [0, 0.05) is 0 Å². The number of esters is 1. The van der Waals surface area contributed by atoms with Gasteiger partial charge < -0.3 is 10.5 Å². The summed E-state index contributed by atoms with van der Waals surface area (Å²) in [6.07, 6.45) is 0.822. The average Bonchev–Trinajstić information content (AvgIpc) is 2.39. The summed E-state index contributed by atoms with van der Waals surface area (Å²) < 4.78 is 4.52. The Labute approximate surface area is 105 Å². The van der Waals surface area contributed by atoms with Gasteiger partial charge in [-0.1, -0.05) is 12.1 Å². The summed E-state index contributed by atoms with van der Waals surface area (Å²) in [6.45, 7) is 0. The van der Waals surface area contributed by atoms with E-state index >= 15 is 0 Å². The highest BCUT2D eigenvalue weighted by molar-refractivity contribution is 5.96. The summed E-state index contributed by atoms with van der Waals surface area (Å²) in [5, 5.41) is 8.65. The maximum atomic E-state index is 11.3. The van der Waals surface area contributed by atoms with Crippen molar-refractivity contribution in [1.82, 2.24) is 0 Å². The van der Waals surface area contributed by atoms with E-state index in [1.807, 2.05) is 6.07 Å². The first-order chi connectivity index (χ1) is 8.58. The number of carbonyl (C=O) groups is 2. The standard InChI is InChI=1S/C13H14N2O3/c1-18-13(17)11(12(15)16)7-6-9-2-4-10(8-14)5-3-9/h2-5,11H,6-7H2,1H3,(H2,15,16). The second kappa shape index (κ2) is 6.40. The Morgan fingerprint density at radius 1 is 1.39 bits per heavy atom. The number of hydrogen-bond donors (Lipinski definition) is 1. The molecule has 0 bridgehead atoms. The Morgan fingerprint density at radius 3 is 2.44 bits per heavy atom. The molecule has 18 heavy (non-hydrogen) atoms. The number of ether oxygens (including phenoxy) is 1. The molecule has 1 atom stereocenters. The van der Waals surface area contributed by atoms with Gasteiger partial charge in [0.15, 0.2) is 0 Å². The van der Waals surface area contributed by atoms with Crippen LogP contribution in [-0.4, -0.2) is 19.0 Å². The van der Waals surface area contributed by atoms with Crippen molar-refractivity contribution in [3.8, 4) is 6.07 Å². The van der Waals surface area contributed by atoms with Crippen LogP contribution in [0.1, 0.15) is 17.5 Å². The Morgan fingerprint density at radius 2 is 2.00 bits per heavy atom. The van der Waals surface area contributed by atoms with Gasteiger partial charge in [-0.15, -0.1) is 0 Å². The van der Waals surface area contributed by atoms with Gasteiger partial charge in [-0.25, -0.2) is 0 Å². The normalized spacial score (nSPS) is 11.3. The van der Waals surface area contributed by atoms with Gasteiger partial charge in [0.25, 0.3) is 0 Å². The highest BCUT2D eigenvalue weighted by atomic mass is 16.5. The van der Waals surface area contributed by atoms with E-state index in [0.29, 0.717) is 18.4 Å². The van der Waals surface area contributed by atoms with E-state index in [9.17, 15) is 9.59 Å². The summed E-state index contributed by atoms with van der Waals surface area (Å²) in [5.74, 6) is -2.22. The second-order valence-corrected chi connectivity index (χ2v) is 3.83. The van der Waals surface area contributed by atoms with Gasteiger partial charge in [-0.3, -0.25) is 9.59 Å². The number of hydrogen-bond acceptors (Lipinski definition) is 4. The van der Waals surface area contributed by atoms with E-state index in [1.165, 1.54) is 7.11 Å². The van der Waals surface area contributed by atoms with Crippen LogP contribution in [-0.2, 0) is 20.7 Å². The Hall–Kier alpha value is -2.35. The van der Waals surface area contributed by atoms with Crippen LogP contribution in [0.3, 0.4) is 0 Å². The largest absolute Gasteiger partial charge is 0.468 e. The first-order valence-corrected chi connectivity index (χ1v) is 5.44. The molecular formula is C13H14N2O3. The van der Waals surface area contributed by atoms with E-state index in [-0.39, 0.29) is 0 Å². The van der Waals surface area contributed by atoms with Gasteiger partial charge >= 0.3 is 5.97 Å².